The number of hydrogen-bond donors (Lipinski definition) is 2. The van der Waals surface area contributed by atoms with Crippen LogP contribution >= 0.6 is 0 Å². The summed E-state index contributed by atoms with van der Waals surface area (Å²) in [6.07, 6.45) is 9.88. The summed E-state index contributed by atoms with van der Waals surface area (Å²) in [5, 5.41) is 19.6. The molecule has 0 aromatic heterocycles. The first kappa shape index (κ1) is 10.2. The first-order chi connectivity index (χ1) is 8.22. The Labute approximate surface area is 102 Å². The fourth-order valence-electron chi connectivity index (χ4n) is 5.26. The van der Waals surface area contributed by atoms with Gasteiger partial charge in [0.1, 0.15) is 11.9 Å². The van der Waals surface area contributed by atoms with Crippen LogP contribution in [0.15, 0.2) is 23.5 Å². The molecule has 0 aliphatic heterocycles. The van der Waals surface area contributed by atoms with Gasteiger partial charge < -0.3 is 10.2 Å². The Morgan fingerprint density at radius 1 is 0.941 bits per heavy atom. The first-order valence-electron chi connectivity index (χ1n) is 7.01. The smallest absolute Gasteiger partial charge is 0.129 e. The molecule has 0 heterocycles. The van der Waals surface area contributed by atoms with E-state index in [1.165, 1.54) is 32.1 Å². The minimum atomic E-state index is -0.734. The zero-order valence-corrected chi connectivity index (χ0v) is 10.0. The van der Waals surface area contributed by atoms with Gasteiger partial charge in [0.05, 0.1) is 0 Å². The summed E-state index contributed by atoms with van der Waals surface area (Å²) < 4.78 is 0. The predicted octanol–water partition coefficient (Wildman–Crippen LogP) is 2.80. The number of allylic oxidation sites excluding steroid dienone is 2. The average Bonchev–Trinajstić information content (AvgIpc) is 2.60. The van der Waals surface area contributed by atoms with Gasteiger partial charge in [-0.15, -0.1) is 0 Å². The molecule has 2 nitrogen and oxygen atoms in total. The number of aliphatic hydroxyl groups is 2. The molecule has 4 saturated carbocycles. The summed E-state index contributed by atoms with van der Waals surface area (Å²) in [5.41, 5.74) is 1.06. The highest BCUT2D eigenvalue weighted by atomic mass is 16.3. The number of rotatable bonds is 1. The highest BCUT2D eigenvalue weighted by Crippen LogP contribution is 2.59. The quantitative estimate of drug-likeness (QED) is 0.730. The van der Waals surface area contributed by atoms with Crippen LogP contribution in [0.25, 0.3) is 0 Å². The molecular formula is C15H20O2. The number of hydrogen-bond acceptors (Lipinski definition) is 2. The van der Waals surface area contributed by atoms with E-state index in [0.29, 0.717) is 5.92 Å². The van der Waals surface area contributed by atoms with Crippen LogP contribution in [-0.2, 0) is 0 Å². The van der Waals surface area contributed by atoms with Crippen LogP contribution < -0.4 is 0 Å². The van der Waals surface area contributed by atoms with E-state index in [-0.39, 0.29) is 5.76 Å². The fourth-order valence-corrected chi connectivity index (χ4v) is 5.26. The van der Waals surface area contributed by atoms with Crippen molar-refractivity contribution in [3.05, 3.63) is 23.5 Å². The topological polar surface area (TPSA) is 40.5 Å². The second kappa shape index (κ2) is 3.38. The van der Waals surface area contributed by atoms with Crippen molar-refractivity contribution in [3.8, 4) is 0 Å². The minimum Gasteiger partial charge on any atom is -0.509 e. The largest absolute Gasteiger partial charge is 0.509 e. The Balaban J connectivity index is 1.69. The molecule has 1 unspecified atom stereocenters. The van der Waals surface area contributed by atoms with Crippen LogP contribution in [0, 0.1) is 29.6 Å². The summed E-state index contributed by atoms with van der Waals surface area (Å²) in [5.74, 6) is 4.26. The van der Waals surface area contributed by atoms with Crippen LogP contribution in [0.3, 0.4) is 0 Å². The van der Waals surface area contributed by atoms with Gasteiger partial charge in [-0.1, -0.05) is 6.08 Å². The van der Waals surface area contributed by atoms with Crippen molar-refractivity contribution in [2.45, 2.75) is 38.2 Å². The maximum atomic E-state index is 10.0. The molecule has 4 fully saturated rings. The van der Waals surface area contributed by atoms with E-state index in [1.807, 2.05) is 6.08 Å². The van der Waals surface area contributed by atoms with Crippen molar-refractivity contribution in [2.75, 3.05) is 0 Å². The van der Waals surface area contributed by atoms with Crippen LogP contribution in [0.2, 0.25) is 0 Å². The summed E-state index contributed by atoms with van der Waals surface area (Å²) in [6.45, 7) is 0. The van der Waals surface area contributed by atoms with Gasteiger partial charge in [-0.2, -0.15) is 0 Å². The lowest BCUT2D eigenvalue weighted by molar-refractivity contribution is -0.0210. The molecular weight excluding hydrogens is 212 g/mol. The zero-order valence-electron chi connectivity index (χ0n) is 10.0. The molecule has 2 N–H and O–H groups in total. The maximum Gasteiger partial charge on any atom is 0.129 e. The molecule has 0 radical (unpaired) electrons. The van der Waals surface area contributed by atoms with Crippen molar-refractivity contribution in [1.82, 2.24) is 0 Å². The lowest BCUT2D eigenvalue weighted by Crippen LogP contribution is -2.45. The standard InChI is InChI=1S/C15H20O2/c16-13-2-1-12(15(13)17)14-10-4-8-3-9(6-10)7-11(14)5-8/h1-2,8-11,13-14,16-17H,3-7H2. The Hall–Kier alpha value is -0.760. The molecule has 17 heavy (non-hydrogen) atoms. The van der Waals surface area contributed by atoms with E-state index in [2.05, 4.69) is 0 Å². The zero-order chi connectivity index (χ0) is 11.6. The van der Waals surface area contributed by atoms with Gasteiger partial charge in [-0.25, -0.2) is 0 Å². The summed E-state index contributed by atoms with van der Waals surface area (Å²) in [7, 11) is 0. The van der Waals surface area contributed by atoms with Gasteiger partial charge in [0.25, 0.3) is 0 Å². The van der Waals surface area contributed by atoms with Crippen LogP contribution in [-0.4, -0.2) is 16.3 Å². The predicted molar refractivity (Wildman–Crippen MR) is 65.3 cm³/mol. The molecule has 92 valence electrons. The van der Waals surface area contributed by atoms with E-state index in [4.69, 9.17) is 0 Å². The molecule has 5 aliphatic rings. The van der Waals surface area contributed by atoms with Crippen LogP contribution in [0.1, 0.15) is 32.1 Å². The first-order valence-corrected chi connectivity index (χ1v) is 7.01. The monoisotopic (exact) mass is 232 g/mol. The van der Waals surface area contributed by atoms with Crippen molar-refractivity contribution in [2.24, 2.45) is 29.6 Å². The Morgan fingerprint density at radius 2 is 1.53 bits per heavy atom. The van der Waals surface area contributed by atoms with Gasteiger partial charge in [0.15, 0.2) is 0 Å². The fraction of sp³-hybridized carbons (Fsp3) is 0.733. The van der Waals surface area contributed by atoms with Gasteiger partial charge in [0.2, 0.25) is 0 Å². The Bertz CT molecular complexity index is 379. The van der Waals surface area contributed by atoms with Crippen molar-refractivity contribution >= 4 is 0 Å². The van der Waals surface area contributed by atoms with Crippen LogP contribution in [0.5, 0.6) is 0 Å². The third-order valence-corrected chi connectivity index (χ3v) is 5.62. The molecule has 1 atom stereocenters. The summed E-state index contributed by atoms with van der Waals surface area (Å²) in [6, 6.07) is 0. The molecule has 0 saturated heterocycles. The highest BCUT2D eigenvalue weighted by Gasteiger charge is 2.49. The average molecular weight is 232 g/mol. The van der Waals surface area contributed by atoms with Gasteiger partial charge in [0, 0.05) is 0 Å². The summed E-state index contributed by atoms with van der Waals surface area (Å²) >= 11 is 0. The molecule has 5 aliphatic carbocycles. The van der Waals surface area contributed by atoms with E-state index >= 15 is 0 Å². The van der Waals surface area contributed by atoms with E-state index in [1.54, 1.807) is 6.08 Å². The second-order valence-corrected chi connectivity index (χ2v) is 6.60. The third-order valence-electron chi connectivity index (χ3n) is 5.62. The molecule has 2 heteroatoms. The normalized spacial score (nSPS) is 51.6. The SMILES string of the molecule is OC1=C(C2C3CC4CC(C3)CC2C4)C=CC1O. The van der Waals surface area contributed by atoms with Crippen molar-refractivity contribution in [1.29, 1.82) is 0 Å². The third kappa shape index (κ3) is 1.36. The minimum absolute atomic E-state index is 0.238. The Morgan fingerprint density at radius 3 is 2.00 bits per heavy atom. The lowest BCUT2D eigenvalue weighted by Gasteiger charge is -2.54. The molecule has 0 aromatic carbocycles. The molecule has 0 aromatic rings. The molecule has 0 amide bonds. The number of aliphatic hydroxyl groups excluding tert-OH is 2. The Kier molecular flexibility index (Phi) is 2.03. The van der Waals surface area contributed by atoms with Gasteiger partial charge in [-0.3, -0.25) is 0 Å². The molecule has 5 rings (SSSR count). The van der Waals surface area contributed by atoms with E-state index in [0.717, 1.165) is 29.2 Å². The van der Waals surface area contributed by atoms with Gasteiger partial charge in [-0.05, 0) is 73.3 Å². The maximum absolute atomic E-state index is 10.0. The van der Waals surface area contributed by atoms with Gasteiger partial charge >= 0.3 is 0 Å². The van der Waals surface area contributed by atoms with Crippen molar-refractivity contribution in [3.63, 3.8) is 0 Å². The highest BCUT2D eigenvalue weighted by molar-refractivity contribution is 5.37. The van der Waals surface area contributed by atoms with E-state index in [9.17, 15) is 10.2 Å². The van der Waals surface area contributed by atoms with E-state index < -0.39 is 6.10 Å². The lowest BCUT2D eigenvalue weighted by atomic mass is 9.50. The van der Waals surface area contributed by atoms with Crippen LogP contribution in [0.4, 0.5) is 0 Å². The molecule has 0 spiro atoms. The second-order valence-electron chi connectivity index (χ2n) is 6.60. The van der Waals surface area contributed by atoms with Crippen molar-refractivity contribution < 1.29 is 10.2 Å². The summed E-state index contributed by atoms with van der Waals surface area (Å²) in [4.78, 5) is 0. The molecule has 4 bridgehead atoms.